The Morgan fingerprint density at radius 3 is 2.56 bits per heavy atom. The molecule has 0 spiro atoms. The Bertz CT molecular complexity index is 927. The summed E-state index contributed by atoms with van der Waals surface area (Å²) >= 11 is 3.32. The maximum atomic E-state index is 12.7. The van der Waals surface area contributed by atoms with E-state index in [9.17, 15) is 20.0 Å². The number of pyridine rings is 1. The number of nitrogens with zero attached hydrogens (tertiary/aromatic N) is 2. The number of rotatable bonds is 8. The lowest BCUT2D eigenvalue weighted by Gasteiger charge is -2.15. The Morgan fingerprint density at radius 1 is 1.30 bits per heavy atom. The molecule has 1 N–H and O–H groups in total. The molecular weight excluding hydrogens is 412 g/mol. The number of unbranched alkanes of at least 4 members (excludes halogenated alkanes) is 2. The summed E-state index contributed by atoms with van der Waals surface area (Å²) in [5.74, 6) is -0.397. The van der Waals surface area contributed by atoms with Crippen LogP contribution in [0.1, 0.15) is 47.7 Å². The number of hydrogen-bond acceptors (Lipinski definition) is 5. The van der Waals surface area contributed by atoms with Gasteiger partial charge < -0.3 is 9.84 Å². The Morgan fingerprint density at radius 2 is 1.96 bits per heavy atom. The number of carbonyl (C=O) groups is 1. The molecule has 0 amide bonds. The molecule has 0 saturated heterocycles. The van der Waals surface area contributed by atoms with Crippen molar-refractivity contribution in [3.05, 3.63) is 55.8 Å². The highest BCUT2D eigenvalue weighted by molar-refractivity contribution is 9.10. The summed E-state index contributed by atoms with van der Waals surface area (Å²) in [4.78, 5) is 25.1. The molecule has 0 unspecified atom stereocenters. The third-order valence-corrected chi connectivity index (χ3v) is 4.78. The number of aromatic nitrogens is 1. The molecular formula is C20H21BrN2O4. The molecule has 1 heterocycles. The first-order valence-corrected chi connectivity index (χ1v) is 9.48. The molecule has 27 heavy (non-hydrogen) atoms. The van der Waals surface area contributed by atoms with E-state index in [-0.39, 0.29) is 29.8 Å². The van der Waals surface area contributed by atoms with Gasteiger partial charge in [-0.25, -0.2) is 0 Å². The summed E-state index contributed by atoms with van der Waals surface area (Å²) in [6.07, 6.45) is 2.48. The van der Waals surface area contributed by atoms with Crippen LogP contribution in [0.5, 0.6) is 11.6 Å². The largest absolute Gasteiger partial charge is 0.494 e. The quantitative estimate of drug-likeness (QED) is 0.503. The molecule has 2 aromatic rings. The zero-order valence-electron chi connectivity index (χ0n) is 15.3. The van der Waals surface area contributed by atoms with Crippen LogP contribution in [-0.2, 0) is 6.54 Å². The van der Waals surface area contributed by atoms with Gasteiger partial charge >= 0.3 is 0 Å². The SMILES string of the molecule is CCCCCn1c(O)c(C(=O)COc2ccc(Br)cc2)c(C)c(C#N)c1=O. The smallest absolute Gasteiger partial charge is 0.271 e. The number of hydrogen-bond donors (Lipinski definition) is 1. The highest BCUT2D eigenvalue weighted by Gasteiger charge is 2.24. The number of ether oxygens (including phenoxy) is 1. The zero-order chi connectivity index (χ0) is 20.0. The van der Waals surface area contributed by atoms with E-state index in [0.717, 1.165) is 21.9 Å². The summed E-state index contributed by atoms with van der Waals surface area (Å²) in [6, 6.07) is 8.83. The van der Waals surface area contributed by atoms with Crippen molar-refractivity contribution in [3.63, 3.8) is 0 Å². The van der Waals surface area contributed by atoms with Crippen molar-refractivity contribution in [1.82, 2.24) is 4.57 Å². The van der Waals surface area contributed by atoms with Crippen LogP contribution < -0.4 is 10.3 Å². The van der Waals surface area contributed by atoms with Gasteiger partial charge in [0.2, 0.25) is 11.7 Å². The molecule has 0 bridgehead atoms. The monoisotopic (exact) mass is 432 g/mol. The van der Waals surface area contributed by atoms with Gasteiger partial charge in [0.15, 0.2) is 6.61 Å². The standard InChI is InChI=1S/C20H21BrN2O4/c1-3-4-5-10-23-19(25)16(11-22)13(2)18(20(23)26)17(24)12-27-15-8-6-14(21)7-9-15/h6-9,26H,3-5,10,12H2,1-2H3. The number of carbonyl (C=O) groups excluding carboxylic acids is 1. The van der Waals surface area contributed by atoms with Crippen molar-refractivity contribution in [2.75, 3.05) is 6.61 Å². The van der Waals surface area contributed by atoms with Gasteiger partial charge in [0.1, 0.15) is 17.4 Å². The van der Waals surface area contributed by atoms with Gasteiger partial charge in [-0.05, 0) is 43.2 Å². The molecule has 142 valence electrons. The molecule has 0 saturated carbocycles. The van der Waals surface area contributed by atoms with Crippen molar-refractivity contribution < 1.29 is 14.6 Å². The molecule has 0 aliphatic rings. The van der Waals surface area contributed by atoms with Gasteiger partial charge in [0, 0.05) is 11.0 Å². The lowest BCUT2D eigenvalue weighted by Crippen LogP contribution is -2.27. The van der Waals surface area contributed by atoms with Gasteiger partial charge in [-0.3, -0.25) is 14.2 Å². The predicted molar refractivity (Wildman–Crippen MR) is 105 cm³/mol. The van der Waals surface area contributed by atoms with E-state index < -0.39 is 17.2 Å². The normalized spacial score (nSPS) is 10.4. The maximum Gasteiger partial charge on any atom is 0.271 e. The van der Waals surface area contributed by atoms with E-state index in [0.29, 0.717) is 12.2 Å². The topological polar surface area (TPSA) is 92.3 Å². The van der Waals surface area contributed by atoms with Gasteiger partial charge in [-0.15, -0.1) is 0 Å². The first kappa shape index (κ1) is 20.7. The average molecular weight is 433 g/mol. The maximum absolute atomic E-state index is 12.7. The number of ketones is 1. The second kappa shape index (κ2) is 9.38. The van der Waals surface area contributed by atoms with E-state index >= 15 is 0 Å². The van der Waals surface area contributed by atoms with Crippen LogP contribution in [0.15, 0.2) is 33.5 Å². The second-order valence-corrected chi connectivity index (χ2v) is 7.06. The summed E-state index contributed by atoms with van der Waals surface area (Å²) < 4.78 is 7.46. The molecule has 0 radical (unpaired) electrons. The second-order valence-electron chi connectivity index (χ2n) is 6.14. The fraction of sp³-hybridized carbons (Fsp3) is 0.350. The molecule has 0 aliphatic carbocycles. The number of aromatic hydroxyl groups is 1. The van der Waals surface area contributed by atoms with E-state index in [1.165, 1.54) is 6.92 Å². The summed E-state index contributed by atoms with van der Waals surface area (Å²) in [7, 11) is 0. The number of nitriles is 1. The molecule has 0 aliphatic heterocycles. The van der Waals surface area contributed by atoms with Crippen molar-refractivity contribution in [3.8, 4) is 17.7 Å². The predicted octanol–water partition coefficient (Wildman–Crippen LogP) is 3.95. The third kappa shape index (κ3) is 4.77. The first-order valence-electron chi connectivity index (χ1n) is 8.68. The fourth-order valence-electron chi connectivity index (χ4n) is 2.76. The lowest BCUT2D eigenvalue weighted by molar-refractivity contribution is 0.0916. The van der Waals surface area contributed by atoms with E-state index in [4.69, 9.17) is 4.74 Å². The Kier molecular flexibility index (Phi) is 7.19. The van der Waals surface area contributed by atoms with Crippen LogP contribution in [0.3, 0.4) is 0 Å². The van der Waals surface area contributed by atoms with Crippen molar-refractivity contribution >= 4 is 21.7 Å². The Labute approximate surface area is 166 Å². The van der Waals surface area contributed by atoms with Gasteiger partial charge in [0.25, 0.3) is 5.56 Å². The molecule has 1 aromatic carbocycles. The van der Waals surface area contributed by atoms with E-state index in [2.05, 4.69) is 15.9 Å². The Hall–Kier alpha value is -2.59. The number of benzene rings is 1. The van der Waals surface area contributed by atoms with E-state index in [1.54, 1.807) is 24.3 Å². The van der Waals surface area contributed by atoms with Gasteiger partial charge in [-0.2, -0.15) is 5.26 Å². The zero-order valence-corrected chi connectivity index (χ0v) is 16.9. The van der Waals surface area contributed by atoms with Crippen LogP contribution in [0.2, 0.25) is 0 Å². The molecule has 2 rings (SSSR count). The van der Waals surface area contributed by atoms with Crippen molar-refractivity contribution in [2.24, 2.45) is 0 Å². The van der Waals surface area contributed by atoms with Crippen LogP contribution in [0.4, 0.5) is 0 Å². The average Bonchev–Trinajstić information content (AvgIpc) is 2.64. The van der Waals surface area contributed by atoms with Crippen LogP contribution in [-0.4, -0.2) is 22.1 Å². The molecule has 7 heteroatoms. The summed E-state index contributed by atoms with van der Waals surface area (Å²) in [5.41, 5.74) is -0.568. The minimum Gasteiger partial charge on any atom is -0.494 e. The minimum atomic E-state index is -0.575. The van der Waals surface area contributed by atoms with Crippen molar-refractivity contribution in [2.45, 2.75) is 39.7 Å². The molecule has 0 fully saturated rings. The minimum absolute atomic E-state index is 0.0419. The van der Waals surface area contributed by atoms with Gasteiger partial charge in [0.05, 0.1) is 5.56 Å². The van der Waals surface area contributed by atoms with Crippen LogP contribution in [0.25, 0.3) is 0 Å². The van der Waals surface area contributed by atoms with Crippen LogP contribution >= 0.6 is 15.9 Å². The van der Waals surface area contributed by atoms with E-state index in [1.807, 2.05) is 13.0 Å². The summed E-state index contributed by atoms with van der Waals surface area (Å²) in [5, 5.41) is 19.9. The lowest BCUT2D eigenvalue weighted by atomic mass is 10.0. The van der Waals surface area contributed by atoms with Crippen LogP contribution in [0, 0.1) is 18.3 Å². The number of halogens is 1. The van der Waals surface area contributed by atoms with Crippen molar-refractivity contribution in [1.29, 1.82) is 5.26 Å². The van der Waals surface area contributed by atoms with Gasteiger partial charge in [-0.1, -0.05) is 35.7 Å². The first-order chi connectivity index (χ1) is 12.9. The third-order valence-electron chi connectivity index (χ3n) is 4.25. The fourth-order valence-corrected chi connectivity index (χ4v) is 3.03. The number of Topliss-reactive ketones (excluding diaryl/α,β-unsaturated/α-hetero) is 1. The highest BCUT2D eigenvalue weighted by Crippen LogP contribution is 2.23. The molecule has 1 aromatic heterocycles. The Balaban J connectivity index is 2.34. The highest BCUT2D eigenvalue weighted by atomic mass is 79.9. The molecule has 6 nitrogen and oxygen atoms in total. The summed E-state index contributed by atoms with van der Waals surface area (Å²) in [6.45, 7) is 3.45. The molecule has 0 atom stereocenters.